The van der Waals surface area contributed by atoms with Crippen LogP contribution >= 0.6 is 23.4 Å². The Morgan fingerprint density at radius 1 is 1.31 bits per heavy atom. The molecule has 0 aliphatic rings. The van der Waals surface area contributed by atoms with E-state index in [0.717, 1.165) is 10.7 Å². The highest BCUT2D eigenvalue weighted by Crippen LogP contribution is 2.34. The topological polar surface area (TPSA) is 72.7 Å². The van der Waals surface area contributed by atoms with Crippen molar-refractivity contribution in [2.75, 3.05) is 5.32 Å². The molecule has 3 aromatic rings. The van der Waals surface area contributed by atoms with Gasteiger partial charge in [0.25, 0.3) is 5.91 Å². The number of aromatic nitrogens is 4. The van der Waals surface area contributed by atoms with Crippen LogP contribution in [0.1, 0.15) is 33.9 Å². The highest BCUT2D eigenvalue weighted by atomic mass is 35.5. The molecule has 8 heteroatoms. The van der Waals surface area contributed by atoms with E-state index in [-0.39, 0.29) is 11.2 Å². The van der Waals surface area contributed by atoms with Crippen LogP contribution in [0.15, 0.2) is 47.9 Å². The Balaban J connectivity index is 1.73. The van der Waals surface area contributed by atoms with Gasteiger partial charge in [-0.2, -0.15) is 0 Å². The van der Waals surface area contributed by atoms with Gasteiger partial charge in [-0.3, -0.25) is 4.79 Å². The SMILES string of the molecule is Cc1nc(C(=O)Nc2cccc([C@H](C)Sc3nncn3C)c2)ccc1Cl. The van der Waals surface area contributed by atoms with Gasteiger partial charge in [-0.05, 0) is 43.7 Å². The second-order valence-corrected chi connectivity index (χ2v) is 7.54. The van der Waals surface area contributed by atoms with Crippen LogP contribution in [0.4, 0.5) is 5.69 Å². The number of thioether (sulfide) groups is 1. The van der Waals surface area contributed by atoms with E-state index in [2.05, 4.69) is 27.4 Å². The summed E-state index contributed by atoms with van der Waals surface area (Å²) in [7, 11) is 1.91. The molecule has 0 saturated carbocycles. The molecule has 134 valence electrons. The number of nitrogens with zero attached hydrogens (tertiary/aromatic N) is 4. The Bertz CT molecular complexity index is 943. The van der Waals surface area contributed by atoms with E-state index in [1.54, 1.807) is 37.1 Å². The average Bonchev–Trinajstić information content (AvgIpc) is 3.02. The number of halogens is 1. The number of amides is 1. The van der Waals surface area contributed by atoms with Gasteiger partial charge in [0.1, 0.15) is 12.0 Å². The molecule has 6 nitrogen and oxygen atoms in total. The zero-order chi connectivity index (χ0) is 18.7. The normalized spacial score (nSPS) is 12.0. The lowest BCUT2D eigenvalue weighted by molar-refractivity contribution is 0.102. The van der Waals surface area contributed by atoms with E-state index >= 15 is 0 Å². The first-order valence-electron chi connectivity index (χ1n) is 7.99. The van der Waals surface area contributed by atoms with Crippen LogP contribution in [0.25, 0.3) is 0 Å². The first kappa shape index (κ1) is 18.4. The molecule has 0 aliphatic carbocycles. The van der Waals surface area contributed by atoms with E-state index in [0.29, 0.717) is 22.1 Å². The van der Waals surface area contributed by atoms with Crippen molar-refractivity contribution >= 4 is 35.0 Å². The lowest BCUT2D eigenvalue weighted by atomic mass is 10.1. The van der Waals surface area contributed by atoms with Crippen molar-refractivity contribution in [2.45, 2.75) is 24.3 Å². The number of hydrogen-bond donors (Lipinski definition) is 1. The van der Waals surface area contributed by atoms with Gasteiger partial charge in [0.15, 0.2) is 5.16 Å². The Labute approximate surface area is 161 Å². The standard InChI is InChI=1S/C18H18ClN5OS/c1-11-15(19)7-8-16(21-11)17(25)22-14-6-4-5-13(9-14)12(2)26-18-23-20-10-24(18)3/h4-10,12H,1-3H3,(H,22,25)/t12-/m0/s1. The number of nitrogens with one attached hydrogen (secondary N) is 1. The third-order valence-electron chi connectivity index (χ3n) is 3.82. The molecule has 1 atom stereocenters. The van der Waals surface area contributed by atoms with Crippen molar-refractivity contribution in [3.05, 3.63) is 64.7 Å². The van der Waals surface area contributed by atoms with Gasteiger partial charge in [0.05, 0.1) is 10.7 Å². The van der Waals surface area contributed by atoms with Crippen LogP contribution in [0, 0.1) is 6.92 Å². The molecule has 1 aromatic carbocycles. The summed E-state index contributed by atoms with van der Waals surface area (Å²) in [6.07, 6.45) is 1.67. The summed E-state index contributed by atoms with van der Waals surface area (Å²) in [6.45, 7) is 3.86. The minimum absolute atomic E-state index is 0.158. The summed E-state index contributed by atoms with van der Waals surface area (Å²) >= 11 is 7.57. The molecule has 0 fully saturated rings. The molecule has 3 rings (SSSR count). The number of anilines is 1. The maximum absolute atomic E-state index is 12.4. The monoisotopic (exact) mass is 387 g/mol. The molecule has 26 heavy (non-hydrogen) atoms. The van der Waals surface area contributed by atoms with Crippen molar-refractivity contribution in [3.8, 4) is 0 Å². The van der Waals surface area contributed by atoms with Crippen LogP contribution < -0.4 is 5.32 Å². The first-order chi connectivity index (χ1) is 12.4. The molecule has 1 N–H and O–H groups in total. The van der Waals surface area contributed by atoms with Crippen LogP contribution in [0.2, 0.25) is 5.02 Å². The van der Waals surface area contributed by atoms with E-state index < -0.39 is 0 Å². The molecule has 0 bridgehead atoms. The molecule has 2 heterocycles. The summed E-state index contributed by atoms with van der Waals surface area (Å²) in [4.78, 5) is 16.6. The Morgan fingerprint density at radius 3 is 2.81 bits per heavy atom. The highest BCUT2D eigenvalue weighted by molar-refractivity contribution is 7.99. The third kappa shape index (κ3) is 4.23. The van der Waals surface area contributed by atoms with E-state index in [1.807, 2.05) is 35.9 Å². The van der Waals surface area contributed by atoms with Crippen molar-refractivity contribution < 1.29 is 4.79 Å². The van der Waals surface area contributed by atoms with Crippen molar-refractivity contribution in [2.24, 2.45) is 7.05 Å². The fraction of sp³-hybridized carbons (Fsp3) is 0.222. The predicted octanol–water partition coefficient (Wildman–Crippen LogP) is 4.28. The summed E-state index contributed by atoms with van der Waals surface area (Å²) in [5.41, 5.74) is 2.75. The largest absolute Gasteiger partial charge is 0.321 e. The van der Waals surface area contributed by atoms with Crippen LogP contribution in [0.3, 0.4) is 0 Å². The summed E-state index contributed by atoms with van der Waals surface area (Å²) in [5, 5.41) is 12.4. The fourth-order valence-corrected chi connectivity index (χ4v) is 3.35. The maximum atomic E-state index is 12.4. The van der Waals surface area contributed by atoms with Gasteiger partial charge in [-0.15, -0.1) is 10.2 Å². The van der Waals surface area contributed by atoms with Crippen molar-refractivity contribution in [1.82, 2.24) is 19.7 Å². The molecule has 1 amide bonds. The van der Waals surface area contributed by atoms with Crippen LogP contribution in [-0.2, 0) is 7.05 Å². The van der Waals surface area contributed by atoms with Crippen LogP contribution in [-0.4, -0.2) is 25.7 Å². The number of rotatable bonds is 5. The predicted molar refractivity (Wildman–Crippen MR) is 104 cm³/mol. The maximum Gasteiger partial charge on any atom is 0.274 e. The quantitative estimate of drug-likeness (QED) is 0.661. The fourth-order valence-electron chi connectivity index (χ4n) is 2.34. The van der Waals surface area contributed by atoms with Crippen LogP contribution in [0.5, 0.6) is 0 Å². The van der Waals surface area contributed by atoms with Gasteiger partial charge >= 0.3 is 0 Å². The average molecular weight is 388 g/mol. The molecular formula is C18H18ClN5OS. The second kappa shape index (κ2) is 7.88. The van der Waals surface area contributed by atoms with Gasteiger partial charge in [0.2, 0.25) is 0 Å². The lowest BCUT2D eigenvalue weighted by Gasteiger charge is -2.13. The molecular weight excluding hydrogens is 370 g/mol. The third-order valence-corrected chi connectivity index (χ3v) is 5.43. The zero-order valence-corrected chi connectivity index (χ0v) is 16.2. The Kier molecular flexibility index (Phi) is 5.58. The van der Waals surface area contributed by atoms with E-state index in [4.69, 9.17) is 11.6 Å². The number of pyridine rings is 1. The molecule has 0 spiro atoms. The Hall–Kier alpha value is -2.38. The second-order valence-electron chi connectivity index (χ2n) is 5.83. The minimum atomic E-state index is -0.268. The number of aryl methyl sites for hydroxylation is 2. The minimum Gasteiger partial charge on any atom is -0.321 e. The summed E-state index contributed by atoms with van der Waals surface area (Å²) < 4.78 is 1.88. The smallest absolute Gasteiger partial charge is 0.274 e. The molecule has 0 unspecified atom stereocenters. The zero-order valence-electron chi connectivity index (χ0n) is 14.6. The lowest BCUT2D eigenvalue weighted by Crippen LogP contribution is -2.14. The summed E-state index contributed by atoms with van der Waals surface area (Å²) in [5.74, 6) is -0.268. The molecule has 2 aromatic heterocycles. The van der Waals surface area contributed by atoms with Gasteiger partial charge < -0.3 is 9.88 Å². The number of carbonyl (C=O) groups is 1. The van der Waals surface area contributed by atoms with Gasteiger partial charge in [-0.25, -0.2) is 4.98 Å². The highest BCUT2D eigenvalue weighted by Gasteiger charge is 2.13. The molecule has 0 radical (unpaired) electrons. The molecule has 0 saturated heterocycles. The number of benzene rings is 1. The van der Waals surface area contributed by atoms with E-state index in [9.17, 15) is 4.79 Å². The first-order valence-corrected chi connectivity index (χ1v) is 9.25. The van der Waals surface area contributed by atoms with Gasteiger partial charge in [0, 0.05) is 18.0 Å². The van der Waals surface area contributed by atoms with E-state index in [1.165, 1.54) is 0 Å². The van der Waals surface area contributed by atoms with Crippen molar-refractivity contribution in [1.29, 1.82) is 0 Å². The summed E-state index contributed by atoms with van der Waals surface area (Å²) in [6, 6.07) is 11.0. The number of carbonyl (C=O) groups excluding carboxylic acids is 1. The Morgan fingerprint density at radius 2 is 2.12 bits per heavy atom. The number of hydrogen-bond acceptors (Lipinski definition) is 5. The molecule has 0 aliphatic heterocycles. The van der Waals surface area contributed by atoms with Crippen molar-refractivity contribution in [3.63, 3.8) is 0 Å². The van der Waals surface area contributed by atoms with Gasteiger partial charge in [-0.1, -0.05) is 35.5 Å².